The molecule has 1 saturated carbocycles. The lowest BCUT2D eigenvalue weighted by Gasteiger charge is -2.26. The van der Waals surface area contributed by atoms with Crippen LogP contribution >= 0.6 is 0 Å². The number of hydrogen-bond donors (Lipinski definition) is 0. The first-order valence-electron chi connectivity index (χ1n) is 8.26. The molecule has 2 aliphatic rings. The highest BCUT2D eigenvalue weighted by Crippen LogP contribution is 2.35. The Morgan fingerprint density at radius 1 is 1.09 bits per heavy atom. The molecular formula is C19H23NO2. The Labute approximate surface area is 132 Å². The lowest BCUT2D eigenvalue weighted by atomic mass is 9.81. The summed E-state index contributed by atoms with van der Waals surface area (Å²) >= 11 is 0. The highest BCUT2D eigenvalue weighted by Gasteiger charge is 2.19. The van der Waals surface area contributed by atoms with E-state index in [0.717, 1.165) is 44.5 Å². The number of rotatable bonds is 3. The first-order valence-corrected chi connectivity index (χ1v) is 8.26. The van der Waals surface area contributed by atoms with Crippen molar-refractivity contribution in [1.82, 2.24) is 0 Å². The summed E-state index contributed by atoms with van der Waals surface area (Å²) in [7, 11) is 0. The van der Waals surface area contributed by atoms with Crippen LogP contribution in [0.4, 0.5) is 0 Å². The Morgan fingerprint density at radius 2 is 1.77 bits per heavy atom. The van der Waals surface area contributed by atoms with Gasteiger partial charge < -0.3 is 9.47 Å². The number of nitriles is 1. The zero-order valence-electron chi connectivity index (χ0n) is 13.0. The fraction of sp³-hybridized carbons (Fsp3) is 0.526. The maximum Gasteiger partial charge on any atom is 0.160 e. The Balaban J connectivity index is 1.50. The van der Waals surface area contributed by atoms with Gasteiger partial charge in [-0.05, 0) is 55.7 Å². The van der Waals surface area contributed by atoms with Gasteiger partial charge in [-0.3, -0.25) is 0 Å². The molecule has 3 rings (SSSR count). The topological polar surface area (TPSA) is 42.2 Å². The first kappa shape index (κ1) is 15.3. The molecule has 1 aromatic rings. The van der Waals surface area contributed by atoms with E-state index in [0.29, 0.717) is 5.92 Å². The van der Waals surface area contributed by atoms with E-state index in [2.05, 4.69) is 24.3 Å². The summed E-state index contributed by atoms with van der Waals surface area (Å²) in [5.41, 5.74) is 3.66. The van der Waals surface area contributed by atoms with E-state index in [9.17, 15) is 0 Å². The predicted octanol–water partition coefficient (Wildman–Crippen LogP) is 4.30. The van der Waals surface area contributed by atoms with E-state index >= 15 is 0 Å². The average Bonchev–Trinajstić information content (AvgIpc) is 2.61. The maximum absolute atomic E-state index is 8.86. The molecular weight excluding hydrogens is 274 g/mol. The zero-order chi connectivity index (χ0) is 15.2. The fourth-order valence-electron chi connectivity index (χ4n) is 3.29. The number of benzene rings is 1. The van der Waals surface area contributed by atoms with E-state index in [4.69, 9.17) is 14.7 Å². The molecule has 116 valence electrons. The highest BCUT2D eigenvalue weighted by molar-refractivity contribution is 5.33. The molecule has 0 aromatic heterocycles. The van der Waals surface area contributed by atoms with Gasteiger partial charge in [0.1, 0.15) is 0 Å². The summed E-state index contributed by atoms with van der Waals surface area (Å²) in [6.45, 7) is 1.66. The third-order valence-electron chi connectivity index (χ3n) is 4.63. The van der Waals surface area contributed by atoms with Crippen molar-refractivity contribution in [3.05, 3.63) is 47.0 Å². The van der Waals surface area contributed by atoms with Crippen molar-refractivity contribution < 1.29 is 9.47 Å². The SMILES string of the molecule is N#Cc1ccc(C2CCC(=CCC3OCCCO3)CC2)cc1. The standard InChI is InChI=1S/C19H23NO2/c20-14-16-4-9-18(10-5-16)17-7-2-15(3-8-17)6-11-19-21-12-1-13-22-19/h4-6,9-10,17,19H,1-3,7-8,11-13H2. The van der Waals surface area contributed by atoms with Crippen molar-refractivity contribution in [3.63, 3.8) is 0 Å². The molecule has 0 radical (unpaired) electrons. The van der Waals surface area contributed by atoms with Crippen LogP contribution in [0, 0.1) is 11.3 Å². The van der Waals surface area contributed by atoms with Crippen LogP contribution in [0.25, 0.3) is 0 Å². The molecule has 0 amide bonds. The monoisotopic (exact) mass is 297 g/mol. The van der Waals surface area contributed by atoms with Gasteiger partial charge in [0.15, 0.2) is 6.29 Å². The third kappa shape index (κ3) is 3.97. The Hall–Kier alpha value is -1.63. The zero-order valence-corrected chi connectivity index (χ0v) is 13.0. The number of hydrogen-bond acceptors (Lipinski definition) is 3. The van der Waals surface area contributed by atoms with Gasteiger partial charge in [-0.2, -0.15) is 5.26 Å². The van der Waals surface area contributed by atoms with E-state index in [1.165, 1.54) is 18.4 Å². The molecule has 0 bridgehead atoms. The van der Waals surface area contributed by atoms with Crippen molar-refractivity contribution in [3.8, 4) is 6.07 Å². The summed E-state index contributed by atoms with van der Waals surface area (Å²) in [4.78, 5) is 0. The van der Waals surface area contributed by atoms with Gasteiger partial charge in [0.05, 0.1) is 24.8 Å². The minimum absolute atomic E-state index is 0.0301. The van der Waals surface area contributed by atoms with Gasteiger partial charge in [0.2, 0.25) is 0 Å². The minimum atomic E-state index is -0.0301. The second kappa shape index (κ2) is 7.58. The summed E-state index contributed by atoms with van der Waals surface area (Å²) < 4.78 is 11.2. The second-order valence-corrected chi connectivity index (χ2v) is 6.13. The van der Waals surface area contributed by atoms with Gasteiger partial charge in [-0.15, -0.1) is 0 Å². The minimum Gasteiger partial charge on any atom is -0.352 e. The molecule has 1 saturated heterocycles. The molecule has 1 heterocycles. The molecule has 0 unspecified atom stereocenters. The van der Waals surface area contributed by atoms with Crippen molar-refractivity contribution in [2.24, 2.45) is 0 Å². The second-order valence-electron chi connectivity index (χ2n) is 6.13. The summed E-state index contributed by atoms with van der Waals surface area (Å²) in [6.07, 6.45) is 8.92. The van der Waals surface area contributed by atoms with Crippen LogP contribution < -0.4 is 0 Å². The lowest BCUT2D eigenvalue weighted by molar-refractivity contribution is -0.175. The Kier molecular flexibility index (Phi) is 5.26. The quantitative estimate of drug-likeness (QED) is 0.781. The van der Waals surface area contributed by atoms with Crippen molar-refractivity contribution >= 4 is 0 Å². The fourth-order valence-corrected chi connectivity index (χ4v) is 3.29. The smallest absolute Gasteiger partial charge is 0.160 e. The molecule has 0 atom stereocenters. The normalized spacial score (nSPS) is 23.0. The Bertz CT molecular complexity index is 540. The molecule has 0 N–H and O–H groups in total. The maximum atomic E-state index is 8.86. The molecule has 3 nitrogen and oxygen atoms in total. The molecule has 1 aliphatic carbocycles. The van der Waals surface area contributed by atoms with Crippen LogP contribution in [0.1, 0.15) is 55.6 Å². The van der Waals surface area contributed by atoms with Gasteiger partial charge in [0.25, 0.3) is 0 Å². The van der Waals surface area contributed by atoms with E-state index in [-0.39, 0.29) is 6.29 Å². The van der Waals surface area contributed by atoms with E-state index in [1.54, 1.807) is 5.57 Å². The van der Waals surface area contributed by atoms with E-state index < -0.39 is 0 Å². The third-order valence-corrected chi connectivity index (χ3v) is 4.63. The first-order chi connectivity index (χ1) is 10.8. The van der Waals surface area contributed by atoms with Gasteiger partial charge in [0, 0.05) is 6.42 Å². The van der Waals surface area contributed by atoms with E-state index in [1.807, 2.05) is 12.1 Å². The van der Waals surface area contributed by atoms with Crippen molar-refractivity contribution in [2.75, 3.05) is 13.2 Å². The molecule has 1 aromatic carbocycles. The average molecular weight is 297 g/mol. The predicted molar refractivity (Wildman–Crippen MR) is 85.4 cm³/mol. The molecule has 0 spiro atoms. The highest BCUT2D eigenvalue weighted by atomic mass is 16.7. The van der Waals surface area contributed by atoms with Gasteiger partial charge >= 0.3 is 0 Å². The molecule has 3 heteroatoms. The van der Waals surface area contributed by atoms with Crippen LogP contribution in [0.3, 0.4) is 0 Å². The van der Waals surface area contributed by atoms with Crippen molar-refractivity contribution in [2.45, 2.75) is 50.7 Å². The van der Waals surface area contributed by atoms with Gasteiger partial charge in [-0.1, -0.05) is 23.8 Å². The van der Waals surface area contributed by atoms with Crippen LogP contribution in [0.15, 0.2) is 35.9 Å². The summed E-state index contributed by atoms with van der Waals surface area (Å²) in [6, 6.07) is 10.3. The number of allylic oxidation sites excluding steroid dienone is 1. The Morgan fingerprint density at radius 3 is 2.41 bits per heavy atom. The van der Waals surface area contributed by atoms with Crippen LogP contribution in [-0.4, -0.2) is 19.5 Å². The van der Waals surface area contributed by atoms with Crippen LogP contribution in [-0.2, 0) is 9.47 Å². The number of ether oxygens (including phenoxy) is 2. The summed E-state index contributed by atoms with van der Waals surface area (Å²) in [5, 5.41) is 8.86. The largest absolute Gasteiger partial charge is 0.352 e. The molecule has 1 aliphatic heterocycles. The van der Waals surface area contributed by atoms with Gasteiger partial charge in [-0.25, -0.2) is 0 Å². The molecule has 2 fully saturated rings. The summed E-state index contributed by atoms with van der Waals surface area (Å²) in [5.74, 6) is 0.632. The number of nitrogens with zero attached hydrogens (tertiary/aromatic N) is 1. The molecule has 22 heavy (non-hydrogen) atoms. The van der Waals surface area contributed by atoms with Crippen LogP contribution in [0.5, 0.6) is 0 Å². The lowest BCUT2D eigenvalue weighted by Crippen LogP contribution is -2.24. The van der Waals surface area contributed by atoms with Crippen LogP contribution in [0.2, 0.25) is 0 Å². The van der Waals surface area contributed by atoms with Crippen molar-refractivity contribution in [1.29, 1.82) is 5.26 Å².